The maximum absolute atomic E-state index is 12.6. The molecule has 1 aromatic heterocycles. The van der Waals surface area contributed by atoms with Crippen LogP contribution in [0.5, 0.6) is 0 Å². The Kier molecular flexibility index (Phi) is 3.75. The van der Waals surface area contributed by atoms with E-state index in [0.29, 0.717) is 5.91 Å². The fraction of sp³-hybridized carbons (Fsp3) is 0.500. The Morgan fingerprint density at radius 3 is 2.81 bits per heavy atom. The van der Waals surface area contributed by atoms with E-state index in [9.17, 15) is 4.79 Å². The van der Waals surface area contributed by atoms with Gasteiger partial charge in [-0.15, -0.1) is 0 Å². The third-order valence-corrected chi connectivity index (χ3v) is 4.78. The predicted octanol–water partition coefficient (Wildman–Crippen LogP) is 3.80. The maximum Gasteiger partial charge on any atom is 0.225 e. The molecule has 0 unspecified atom stereocenters. The first-order chi connectivity index (χ1) is 10.1. The van der Waals surface area contributed by atoms with E-state index < -0.39 is 0 Å². The van der Waals surface area contributed by atoms with Gasteiger partial charge in [-0.25, -0.2) is 0 Å². The van der Waals surface area contributed by atoms with E-state index >= 15 is 0 Å². The van der Waals surface area contributed by atoms with E-state index in [2.05, 4.69) is 48.9 Å². The number of carbonyl (C=O) groups is 1. The first-order valence-corrected chi connectivity index (χ1v) is 8.02. The zero-order valence-electron chi connectivity index (χ0n) is 13.2. The topological polar surface area (TPSA) is 36.1 Å². The maximum atomic E-state index is 12.6. The summed E-state index contributed by atoms with van der Waals surface area (Å²) in [4.78, 5) is 18.2. The summed E-state index contributed by atoms with van der Waals surface area (Å²) < 4.78 is 0. The zero-order chi connectivity index (χ0) is 15.0. The Morgan fingerprint density at radius 1 is 1.33 bits per heavy atom. The van der Waals surface area contributed by atoms with E-state index in [1.54, 1.807) is 0 Å². The summed E-state index contributed by atoms with van der Waals surface area (Å²) in [7, 11) is 0. The molecular weight excluding hydrogens is 260 g/mol. The molecule has 0 atom stereocenters. The first-order valence-electron chi connectivity index (χ1n) is 8.02. The zero-order valence-corrected chi connectivity index (χ0v) is 13.2. The molecule has 2 aromatic rings. The number of rotatable bonds is 3. The smallest absolute Gasteiger partial charge is 0.225 e. The molecule has 0 bridgehead atoms. The molecule has 1 amide bonds. The summed E-state index contributed by atoms with van der Waals surface area (Å²) in [5, 5.41) is 1.28. The number of hydrogen-bond donors (Lipinski definition) is 1. The van der Waals surface area contributed by atoms with Crippen LogP contribution < -0.4 is 0 Å². The van der Waals surface area contributed by atoms with Crippen molar-refractivity contribution in [3.63, 3.8) is 0 Å². The fourth-order valence-corrected chi connectivity index (χ4v) is 3.41. The molecule has 1 aromatic carbocycles. The largest absolute Gasteiger partial charge is 0.358 e. The van der Waals surface area contributed by atoms with Crippen molar-refractivity contribution in [3.05, 3.63) is 35.0 Å². The molecule has 0 spiro atoms. The highest BCUT2D eigenvalue weighted by Gasteiger charge is 2.27. The highest BCUT2D eigenvalue weighted by atomic mass is 16.2. The van der Waals surface area contributed by atoms with Gasteiger partial charge in [0.1, 0.15) is 0 Å². The minimum Gasteiger partial charge on any atom is -0.358 e. The molecule has 3 heteroatoms. The van der Waals surface area contributed by atoms with Crippen LogP contribution in [0.25, 0.3) is 10.9 Å². The van der Waals surface area contributed by atoms with Crippen molar-refractivity contribution in [1.29, 1.82) is 0 Å². The summed E-state index contributed by atoms with van der Waals surface area (Å²) in [5.41, 5.74) is 5.10. The van der Waals surface area contributed by atoms with Crippen LogP contribution in [0.1, 0.15) is 43.5 Å². The molecule has 2 heterocycles. The van der Waals surface area contributed by atoms with Crippen LogP contribution in [0.2, 0.25) is 0 Å². The van der Waals surface area contributed by atoms with Gasteiger partial charge in [0.15, 0.2) is 0 Å². The van der Waals surface area contributed by atoms with E-state index in [1.165, 1.54) is 27.7 Å². The number of hydrogen-bond acceptors (Lipinski definition) is 1. The molecule has 112 valence electrons. The number of carbonyl (C=O) groups excluding carboxylic acids is 1. The van der Waals surface area contributed by atoms with Gasteiger partial charge in [-0.3, -0.25) is 4.79 Å². The van der Waals surface area contributed by atoms with Gasteiger partial charge in [-0.2, -0.15) is 0 Å². The third kappa shape index (κ3) is 2.45. The first kappa shape index (κ1) is 14.2. The van der Waals surface area contributed by atoms with Gasteiger partial charge in [-0.1, -0.05) is 25.5 Å². The van der Waals surface area contributed by atoms with Gasteiger partial charge < -0.3 is 9.88 Å². The van der Waals surface area contributed by atoms with Crippen molar-refractivity contribution in [2.24, 2.45) is 5.92 Å². The van der Waals surface area contributed by atoms with Crippen LogP contribution in [0.15, 0.2) is 18.2 Å². The average Bonchev–Trinajstić information content (AvgIpc) is 2.85. The number of aromatic amines is 1. The average molecular weight is 284 g/mol. The van der Waals surface area contributed by atoms with Gasteiger partial charge >= 0.3 is 0 Å². The predicted molar refractivity (Wildman–Crippen MR) is 86.2 cm³/mol. The number of fused-ring (bicyclic) bond motifs is 3. The number of aromatic nitrogens is 1. The van der Waals surface area contributed by atoms with Crippen LogP contribution in [0, 0.1) is 12.8 Å². The lowest BCUT2D eigenvalue weighted by Gasteiger charge is -2.30. The van der Waals surface area contributed by atoms with Crippen molar-refractivity contribution in [2.75, 3.05) is 6.54 Å². The second kappa shape index (κ2) is 5.55. The second-order valence-corrected chi connectivity index (χ2v) is 6.15. The molecule has 0 saturated carbocycles. The minimum absolute atomic E-state index is 0.179. The van der Waals surface area contributed by atoms with Crippen molar-refractivity contribution < 1.29 is 4.79 Å². The van der Waals surface area contributed by atoms with E-state index in [-0.39, 0.29) is 5.92 Å². The number of aryl methyl sites for hydroxylation is 1. The summed E-state index contributed by atoms with van der Waals surface area (Å²) >= 11 is 0. The van der Waals surface area contributed by atoms with Gasteiger partial charge in [-0.05, 0) is 31.9 Å². The molecule has 0 radical (unpaired) electrons. The molecule has 0 fully saturated rings. The number of nitrogens with zero attached hydrogens (tertiary/aromatic N) is 1. The monoisotopic (exact) mass is 284 g/mol. The van der Waals surface area contributed by atoms with E-state index in [4.69, 9.17) is 0 Å². The molecule has 21 heavy (non-hydrogen) atoms. The molecule has 0 aliphatic carbocycles. The second-order valence-electron chi connectivity index (χ2n) is 6.15. The van der Waals surface area contributed by atoms with Gasteiger partial charge in [0.25, 0.3) is 0 Å². The number of nitrogens with one attached hydrogen (secondary N) is 1. The van der Waals surface area contributed by atoms with Crippen molar-refractivity contribution in [1.82, 2.24) is 9.88 Å². The highest BCUT2D eigenvalue weighted by Crippen LogP contribution is 2.29. The van der Waals surface area contributed by atoms with Crippen molar-refractivity contribution in [2.45, 2.75) is 46.6 Å². The molecule has 1 aliphatic heterocycles. The normalized spacial score (nSPS) is 14.8. The summed E-state index contributed by atoms with van der Waals surface area (Å²) in [5.74, 6) is 0.506. The Bertz CT molecular complexity index is 667. The third-order valence-electron chi connectivity index (χ3n) is 4.78. The summed E-state index contributed by atoms with van der Waals surface area (Å²) in [6, 6.07) is 6.52. The van der Waals surface area contributed by atoms with Crippen LogP contribution in [0.4, 0.5) is 0 Å². The molecule has 1 N–H and O–H groups in total. The lowest BCUT2D eigenvalue weighted by atomic mass is 9.98. The number of amides is 1. The van der Waals surface area contributed by atoms with Crippen LogP contribution in [-0.2, 0) is 17.8 Å². The molecule has 0 saturated heterocycles. The lowest BCUT2D eigenvalue weighted by Crippen LogP contribution is -2.39. The fourth-order valence-electron chi connectivity index (χ4n) is 3.41. The summed E-state index contributed by atoms with van der Waals surface area (Å²) in [6.07, 6.45) is 2.81. The quantitative estimate of drug-likeness (QED) is 0.914. The van der Waals surface area contributed by atoms with Gasteiger partial charge in [0.2, 0.25) is 5.91 Å². The van der Waals surface area contributed by atoms with Crippen molar-refractivity contribution >= 4 is 16.8 Å². The Balaban J connectivity index is 1.92. The number of H-pyrrole nitrogens is 1. The standard InChI is InChI=1S/C18H24N2O/c1-4-13(5-2)18(21)20-9-8-17-15(11-20)14-10-12(3)6-7-16(14)19-17/h6-7,10,13,19H,4-5,8-9,11H2,1-3H3. The molecule has 1 aliphatic rings. The van der Waals surface area contributed by atoms with Crippen LogP contribution in [0.3, 0.4) is 0 Å². The van der Waals surface area contributed by atoms with Gasteiger partial charge in [0, 0.05) is 47.6 Å². The molecular formula is C18H24N2O. The Labute approximate surface area is 126 Å². The SMILES string of the molecule is CCC(CC)C(=O)N1CCc2[nH]c3ccc(C)cc3c2C1. The molecule has 3 rings (SSSR count). The lowest BCUT2D eigenvalue weighted by molar-refractivity contribution is -0.136. The Hall–Kier alpha value is -1.77. The van der Waals surface area contributed by atoms with E-state index in [0.717, 1.165) is 32.4 Å². The summed E-state index contributed by atoms with van der Waals surface area (Å²) in [6.45, 7) is 7.93. The van der Waals surface area contributed by atoms with Crippen LogP contribution >= 0.6 is 0 Å². The van der Waals surface area contributed by atoms with Gasteiger partial charge in [0.05, 0.1) is 0 Å². The van der Waals surface area contributed by atoms with Crippen LogP contribution in [-0.4, -0.2) is 22.3 Å². The number of benzene rings is 1. The highest BCUT2D eigenvalue weighted by molar-refractivity contribution is 5.87. The molecule has 3 nitrogen and oxygen atoms in total. The van der Waals surface area contributed by atoms with E-state index in [1.807, 2.05) is 0 Å². The Morgan fingerprint density at radius 2 is 2.10 bits per heavy atom. The minimum atomic E-state index is 0.179. The van der Waals surface area contributed by atoms with Crippen molar-refractivity contribution in [3.8, 4) is 0 Å².